The summed E-state index contributed by atoms with van der Waals surface area (Å²) < 4.78 is 4.81. The van der Waals surface area contributed by atoms with Crippen molar-refractivity contribution >= 4 is 0 Å². The maximum Gasteiger partial charge on any atom is 0.0704 e. The standard InChI is InChI=1S/C6H11O/c1-5-3-6(4-5)7-2/h5-6H,2-4H2,1H3. The quantitative estimate of drug-likeness (QED) is 0.485. The van der Waals surface area contributed by atoms with E-state index in [0.717, 1.165) is 5.92 Å². The van der Waals surface area contributed by atoms with Gasteiger partial charge in [-0.3, -0.25) is 0 Å². The summed E-state index contributed by atoms with van der Waals surface area (Å²) in [5.41, 5.74) is 0. The fourth-order valence-electron chi connectivity index (χ4n) is 0.965. The Morgan fingerprint density at radius 3 is 2.29 bits per heavy atom. The van der Waals surface area contributed by atoms with Gasteiger partial charge in [-0.2, -0.15) is 0 Å². The smallest absolute Gasteiger partial charge is 0.0704 e. The van der Waals surface area contributed by atoms with Crippen molar-refractivity contribution in [3.63, 3.8) is 0 Å². The molecule has 1 nitrogen and oxygen atoms in total. The Labute approximate surface area is 44.7 Å². The highest BCUT2D eigenvalue weighted by Crippen LogP contribution is 2.28. The molecule has 0 spiro atoms. The van der Waals surface area contributed by atoms with Crippen molar-refractivity contribution in [3.8, 4) is 0 Å². The van der Waals surface area contributed by atoms with Crippen LogP contribution in [0.1, 0.15) is 19.8 Å². The average molecular weight is 99.2 g/mol. The van der Waals surface area contributed by atoms with Crippen molar-refractivity contribution in [1.82, 2.24) is 0 Å². The van der Waals surface area contributed by atoms with Gasteiger partial charge < -0.3 is 4.74 Å². The zero-order valence-electron chi connectivity index (χ0n) is 4.68. The molecule has 0 saturated heterocycles. The Hall–Kier alpha value is -0.0400. The Balaban J connectivity index is 2.06. The molecule has 0 N–H and O–H groups in total. The van der Waals surface area contributed by atoms with Crippen molar-refractivity contribution in [2.24, 2.45) is 5.92 Å². The van der Waals surface area contributed by atoms with Crippen LogP contribution in [0.15, 0.2) is 0 Å². The Kier molecular flexibility index (Phi) is 1.33. The van der Waals surface area contributed by atoms with Crippen LogP contribution in [-0.4, -0.2) is 6.10 Å². The van der Waals surface area contributed by atoms with Gasteiger partial charge in [-0.25, -0.2) is 0 Å². The van der Waals surface area contributed by atoms with Gasteiger partial charge in [0.05, 0.1) is 13.2 Å². The second kappa shape index (κ2) is 1.83. The minimum absolute atomic E-state index is 0.481. The van der Waals surface area contributed by atoms with E-state index in [9.17, 15) is 0 Å². The molecule has 1 heteroatoms. The molecule has 1 rings (SSSR count). The van der Waals surface area contributed by atoms with Gasteiger partial charge in [0.2, 0.25) is 0 Å². The summed E-state index contributed by atoms with van der Waals surface area (Å²) in [6.07, 6.45) is 2.91. The first kappa shape index (κ1) is 5.10. The molecule has 0 amide bonds. The van der Waals surface area contributed by atoms with Crippen molar-refractivity contribution in [2.75, 3.05) is 0 Å². The predicted molar refractivity (Wildman–Crippen MR) is 28.6 cm³/mol. The Morgan fingerprint density at radius 2 is 2.14 bits per heavy atom. The summed E-state index contributed by atoms with van der Waals surface area (Å²) in [7, 11) is 3.34. The zero-order chi connectivity index (χ0) is 5.28. The van der Waals surface area contributed by atoms with E-state index in [1.807, 2.05) is 0 Å². The van der Waals surface area contributed by atoms with Crippen LogP contribution in [0.25, 0.3) is 0 Å². The van der Waals surface area contributed by atoms with Gasteiger partial charge in [-0.1, -0.05) is 6.92 Å². The lowest BCUT2D eigenvalue weighted by Gasteiger charge is -2.30. The highest BCUT2D eigenvalue weighted by atomic mass is 16.5. The SMILES string of the molecule is [CH2]OC1CC(C)C1. The first-order valence-corrected chi connectivity index (χ1v) is 2.73. The topological polar surface area (TPSA) is 9.23 Å². The molecule has 0 aromatic heterocycles. The van der Waals surface area contributed by atoms with Crippen LogP contribution in [-0.2, 0) is 4.74 Å². The summed E-state index contributed by atoms with van der Waals surface area (Å²) in [5.74, 6) is 0.881. The Bertz CT molecular complexity index is 55.2. The fourth-order valence-corrected chi connectivity index (χ4v) is 0.965. The van der Waals surface area contributed by atoms with Crippen LogP contribution in [0.3, 0.4) is 0 Å². The highest BCUT2D eigenvalue weighted by Gasteiger charge is 2.24. The third kappa shape index (κ3) is 0.942. The van der Waals surface area contributed by atoms with Crippen LogP contribution in [0.2, 0.25) is 0 Å². The Morgan fingerprint density at radius 1 is 1.57 bits per heavy atom. The minimum atomic E-state index is 0.481. The lowest BCUT2D eigenvalue weighted by atomic mass is 9.84. The lowest BCUT2D eigenvalue weighted by Crippen LogP contribution is -2.27. The molecular weight excluding hydrogens is 88.1 g/mol. The molecule has 1 saturated carbocycles. The zero-order valence-corrected chi connectivity index (χ0v) is 4.68. The van der Waals surface area contributed by atoms with Crippen molar-refractivity contribution in [3.05, 3.63) is 7.11 Å². The maximum absolute atomic E-state index is 4.81. The molecule has 0 atom stereocenters. The van der Waals surface area contributed by atoms with E-state index < -0.39 is 0 Å². The summed E-state index contributed by atoms with van der Waals surface area (Å²) in [6.45, 7) is 2.23. The normalized spacial score (nSPS) is 40.3. The lowest BCUT2D eigenvalue weighted by molar-refractivity contribution is 0.0307. The molecule has 0 aromatic carbocycles. The highest BCUT2D eigenvalue weighted by molar-refractivity contribution is 4.76. The monoisotopic (exact) mass is 99.1 g/mol. The van der Waals surface area contributed by atoms with E-state index in [2.05, 4.69) is 14.0 Å². The summed E-state index contributed by atoms with van der Waals surface area (Å²) in [4.78, 5) is 0. The first-order chi connectivity index (χ1) is 3.33. The number of hydrogen-bond donors (Lipinski definition) is 0. The molecule has 0 heterocycles. The third-order valence-corrected chi connectivity index (χ3v) is 1.57. The third-order valence-electron chi connectivity index (χ3n) is 1.57. The number of ether oxygens (including phenoxy) is 1. The fraction of sp³-hybridized carbons (Fsp3) is 0.833. The van der Waals surface area contributed by atoms with Gasteiger partial charge in [-0.15, -0.1) is 0 Å². The van der Waals surface area contributed by atoms with Crippen LogP contribution < -0.4 is 0 Å². The van der Waals surface area contributed by atoms with Crippen molar-refractivity contribution < 1.29 is 4.74 Å². The molecule has 1 aliphatic carbocycles. The van der Waals surface area contributed by atoms with Gasteiger partial charge in [0.25, 0.3) is 0 Å². The van der Waals surface area contributed by atoms with Crippen LogP contribution in [0.5, 0.6) is 0 Å². The maximum atomic E-state index is 4.81. The van der Waals surface area contributed by atoms with Crippen molar-refractivity contribution in [1.29, 1.82) is 0 Å². The number of rotatable bonds is 1. The molecule has 1 aliphatic rings. The second-order valence-corrected chi connectivity index (χ2v) is 2.37. The summed E-state index contributed by atoms with van der Waals surface area (Å²) in [6, 6.07) is 0. The molecule has 1 radical (unpaired) electrons. The van der Waals surface area contributed by atoms with E-state index in [1.54, 1.807) is 0 Å². The van der Waals surface area contributed by atoms with Gasteiger partial charge in [0.1, 0.15) is 0 Å². The molecule has 0 unspecified atom stereocenters. The summed E-state index contributed by atoms with van der Waals surface area (Å²) >= 11 is 0. The molecule has 0 bridgehead atoms. The van der Waals surface area contributed by atoms with E-state index in [4.69, 9.17) is 4.74 Å². The predicted octanol–water partition coefficient (Wildman–Crippen LogP) is 1.59. The van der Waals surface area contributed by atoms with E-state index in [-0.39, 0.29) is 0 Å². The molecular formula is C6H11O. The largest absolute Gasteiger partial charge is 0.376 e. The molecule has 7 heavy (non-hydrogen) atoms. The molecule has 0 aliphatic heterocycles. The minimum Gasteiger partial charge on any atom is -0.376 e. The first-order valence-electron chi connectivity index (χ1n) is 2.73. The van der Waals surface area contributed by atoms with Gasteiger partial charge in [-0.05, 0) is 18.8 Å². The number of hydrogen-bond acceptors (Lipinski definition) is 1. The molecule has 0 aromatic rings. The van der Waals surface area contributed by atoms with Crippen molar-refractivity contribution in [2.45, 2.75) is 25.9 Å². The molecule has 41 valence electrons. The molecule has 1 fully saturated rings. The van der Waals surface area contributed by atoms with E-state index in [0.29, 0.717) is 6.10 Å². The van der Waals surface area contributed by atoms with Crippen LogP contribution in [0.4, 0.5) is 0 Å². The van der Waals surface area contributed by atoms with E-state index >= 15 is 0 Å². The van der Waals surface area contributed by atoms with Gasteiger partial charge in [0.15, 0.2) is 0 Å². The van der Waals surface area contributed by atoms with Gasteiger partial charge in [0, 0.05) is 0 Å². The van der Waals surface area contributed by atoms with Gasteiger partial charge >= 0.3 is 0 Å². The second-order valence-electron chi connectivity index (χ2n) is 2.37. The van der Waals surface area contributed by atoms with Crippen LogP contribution >= 0.6 is 0 Å². The van der Waals surface area contributed by atoms with E-state index in [1.165, 1.54) is 12.8 Å². The average Bonchev–Trinajstić information content (AvgIpc) is 1.58. The summed E-state index contributed by atoms with van der Waals surface area (Å²) in [5, 5.41) is 0. The van der Waals surface area contributed by atoms with Crippen LogP contribution in [0, 0.1) is 13.0 Å².